The molecule has 0 fully saturated rings. The number of para-hydroxylation sites is 2. The van der Waals surface area contributed by atoms with Gasteiger partial charge in [-0.1, -0.05) is 60.1 Å². The van der Waals surface area contributed by atoms with Gasteiger partial charge in [0.15, 0.2) is 0 Å². The summed E-state index contributed by atoms with van der Waals surface area (Å²) in [6.45, 7) is 0.669. The Hall–Kier alpha value is -3.04. The van der Waals surface area contributed by atoms with Crippen molar-refractivity contribution in [2.75, 3.05) is 7.11 Å². The molecule has 3 aromatic carbocycles. The van der Waals surface area contributed by atoms with Crippen LogP contribution in [0, 0.1) is 0 Å². The van der Waals surface area contributed by atoms with E-state index in [-0.39, 0.29) is 0 Å². The van der Waals surface area contributed by atoms with Crippen molar-refractivity contribution in [3.63, 3.8) is 0 Å². The molecule has 4 heteroatoms. The van der Waals surface area contributed by atoms with E-state index < -0.39 is 0 Å². The first-order valence-corrected chi connectivity index (χ1v) is 9.13. The van der Waals surface area contributed by atoms with E-state index in [0.717, 1.165) is 38.8 Å². The quantitative estimate of drug-likeness (QED) is 0.433. The predicted molar refractivity (Wildman–Crippen MR) is 112 cm³/mol. The molecule has 1 heterocycles. The van der Waals surface area contributed by atoms with Gasteiger partial charge in [0.25, 0.3) is 0 Å². The Morgan fingerprint density at radius 2 is 1.67 bits per heavy atom. The molecule has 0 spiro atoms. The SMILES string of the molecule is COc1ccc(C=Cc2nc3ccccc3n2Cc2ccccc2Cl)cc1. The molecule has 0 amide bonds. The van der Waals surface area contributed by atoms with Crippen LogP contribution in [0.4, 0.5) is 0 Å². The number of benzene rings is 3. The number of ether oxygens (including phenoxy) is 1. The van der Waals surface area contributed by atoms with Gasteiger partial charge in [-0.15, -0.1) is 0 Å². The minimum Gasteiger partial charge on any atom is -0.497 e. The Labute approximate surface area is 163 Å². The summed E-state index contributed by atoms with van der Waals surface area (Å²) in [5, 5.41) is 0.764. The van der Waals surface area contributed by atoms with Gasteiger partial charge in [0, 0.05) is 5.02 Å². The highest BCUT2D eigenvalue weighted by Gasteiger charge is 2.10. The topological polar surface area (TPSA) is 27.1 Å². The normalized spacial score (nSPS) is 11.3. The van der Waals surface area contributed by atoms with Crippen LogP contribution in [0.5, 0.6) is 5.75 Å². The molecular formula is C23H19ClN2O. The van der Waals surface area contributed by atoms with E-state index in [2.05, 4.69) is 16.7 Å². The fraction of sp³-hybridized carbons (Fsp3) is 0.0870. The summed E-state index contributed by atoms with van der Waals surface area (Å²) >= 11 is 6.38. The number of nitrogens with zero attached hydrogens (tertiary/aromatic N) is 2. The van der Waals surface area contributed by atoms with Gasteiger partial charge in [-0.3, -0.25) is 0 Å². The number of halogens is 1. The van der Waals surface area contributed by atoms with E-state index in [1.807, 2.05) is 72.8 Å². The molecule has 0 bridgehead atoms. The zero-order valence-electron chi connectivity index (χ0n) is 15.0. The average molecular weight is 375 g/mol. The molecule has 4 rings (SSSR count). The Morgan fingerprint density at radius 3 is 2.44 bits per heavy atom. The standard InChI is InChI=1S/C23H19ClN2O/c1-27-19-13-10-17(11-14-19)12-15-23-25-21-8-4-5-9-22(21)26(23)16-18-6-2-3-7-20(18)24/h2-15H,16H2,1H3. The minimum absolute atomic E-state index is 0.669. The van der Waals surface area contributed by atoms with Crippen molar-refractivity contribution >= 4 is 34.8 Å². The molecule has 0 saturated carbocycles. The number of imidazole rings is 1. The summed E-state index contributed by atoms with van der Waals surface area (Å²) < 4.78 is 7.41. The molecule has 0 atom stereocenters. The third-order valence-electron chi connectivity index (χ3n) is 4.51. The van der Waals surface area contributed by atoms with Crippen LogP contribution in [-0.2, 0) is 6.54 Å². The van der Waals surface area contributed by atoms with Crippen molar-refractivity contribution in [2.45, 2.75) is 6.54 Å². The Kier molecular flexibility index (Phi) is 4.95. The molecule has 0 unspecified atom stereocenters. The second-order valence-corrected chi connectivity index (χ2v) is 6.65. The highest BCUT2D eigenvalue weighted by atomic mass is 35.5. The maximum Gasteiger partial charge on any atom is 0.134 e. The van der Waals surface area contributed by atoms with Gasteiger partial charge in [0.2, 0.25) is 0 Å². The highest BCUT2D eigenvalue weighted by molar-refractivity contribution is 6.31. The van der Waals surface area contributed by atoms with Crippen LogP contribution in [0.3, 0.4) is 0 Å². The lowest BCUT2D eigenvalue weighted by molar-refractivity contribution is 0.415. The molecule has 0 aliphatic carbocycles. The molecule has 0 aliphatic heterocycles. The summed E-state index contributed by atoms with van der Waals surface area (Å²) in [6.07, 6.45) is 4.10. The van der Waals surface area contributed by atoms with Crippen molar-refractivity contribution in [2.24, 2.45) is 0 Å². The minimum atomic E-state index is 0.669. The summed E-state index contributed by atoms with van der Waals surface area (Å²) in [4.78, 5) is 4.80. The smallest absolute Gasteiger partial charge is 0.134 e. The fourth-order valence-corrected chi connectivity index (χ4v) is 3.27. The first-order chi connectivity index (χ1) is 13.2. The first-order valence-electron chi connectivity index (χ1n) is 8.75. The highest BCUT2D eigenvalue weighted by Crippen LogP contribution is 2.23. The summed E-state index contributed by atoms with van der Waals surface area (Å²) in [5.41, 5.74) is 4.22. The van der Waals surface area contributed by atoms with E-state index >= 15 is 0 Å². The first kappa shape index (κ1) is 17.4. The molecule has 3 nitrogen and oxygen atoms in total. The number of hydrogen-bond donors (Lipinski definition) is 0. The molecule has 0 saturated heterocycles. The van der Waals surface area contributed by atoms with Crippen molar-refractivity contribution in [3.8, 4) is 5.75 Å². The number of rotatable bonds is 5. The molecule has 134 valence electrons. The van der Waals surface area contributed by atoms with E-state index in [9.17, 15) is 0 Å². The number of methoxy groups -OCH3 is 1. The molecule has 0 N–H and O–H groups in total. The van der Waals surface area contributed by atoms with E-state index in [0.29, 0.717) is 6.54 Å². The lowest BCUT2D eigenvalue weighted by Crippen LogP contribution is -2.02. The van der Waals surface area contributed by atoms with Crippen molar-refractivity contribution in [1.82, 2.24) is 9.55 Å². The Balaban J connectivity index is 1.73. The van der Waals surface area contributed by atoms with Gasteiger partial charge in [-0.2, -0.15) is 0 Å². The van der Waals surface area contributed by atoms with Gasteiger partial charge >= 0.3 is 0 Å². The zero-order chi connectivity index (χ0) is 18.6. The number of hydrogen-bond acceptors (Lipinski definition) is 2. The van der Waals surface area contributed by atoms with Crippen LogP contribution in [0.1, 0.15) is 17.0 Å². The lowest BCUT2D eigenvalue weighted by Gasteiger charge is -2.09. The van der Waals surface area contributed by atoms with Crippen molar-refractivity contribution < 1.29 is 4.74 Å². The van der Waals surface area contributed by atoms with Crippen LogP contribution in [0.15, 0.2) is 72.8 Å². The van der Waals surface area contributed by atoms with Gasteiger partial charge in [0.05, 0.1) is 24.7 Å². The van der Waals surface area contributed by atoms with Crippen LogP contribution < -0.4 is 4.74 Å². The Morgan fingerprint density at radius 1 is 0.926 bits per heavy atom. The molecule has 0 aliphatic rings. The maximum atomic E-state index is 6.38. The van der Waals surface area contributed by atoms with Gasteiger partial charge in [-0.25, -0.2) is 4.98 Å². The second kappa shape index (κ2) is 7.68. The van der Waals surface area contributed by atoms with Gasteiger partial charge in [-0.05, 0) is 47.5 Å². The van der Waals surface area contributed by atoms with Crippen LogP contribution in [-0.4, -0.2) is 16.7 Å². The Bertz CT molecular complexity index is 1100. The van der Waals surface area contributed by atoms with E-state index in [1.54, 1.807) is 7.11 Å². The third-order valence-corrected chi connectivity index (χ3v) is 4.88. The lowest BCUT2D eigenvalue weighted by atomic mass is 10.2. The number of aromatic nitrogens is 2. The second-order valence-electron chi connectivity index (χ2n) is 6.24. The summed E-state index contributed by atoms with van der Waals surface area (Å²) in [5.74, 6) is 1.74. The van der Waals surface area contributed by atoms with Crippen LogP contribution in [0.2, 0.25) is 5.02 Å². The van der Waals surface area contributed by atoms with Gasteiger partial charge in [0.1, 0.15) is 11.6 Å². The third kappa shape index (κ3) is 3.74. The van der Waals surface area contributed by atoms with Crippen LogP contribution >= 0.6 is 11.6 Å². The van der Waals surface area contributed by atoms with Crippen LogP contribution in [0.25, 0.3) is 23.2 Å². The molecule has 1 aromatic heterocycles. The fourth-order valence-electron chi connectivity index (χ4n) is 3.07. The van der Waals surface area contributed by atoms with Crippen molar-refractivity contribution in [3.05, 3.63) is 94.8 Å². The molecule has 0 radical (unpaired) electrons. The average Bonchev–Trinajstić information content (AvgIpc) is 3.06. The molecule has 4 aromatic rings. The molecular weight excluding hydrogens is 356 g/mol. The summed E-state index contributed by atoms with van der Waals surface area (Å²) in [6, 6.07) is 24.0. The van der Waals surface area contributed by atoms with E-state index in [4.69, 9.17) is 21.3 Å². The monoisotopic (exact) mass is 374 g/mol. The summed E-state index contributed by atoms with van der Waals surface area (Å²) in [7, 11) is 1.67. The predicted octanol–water partition coefficient (Wildman–Crippen LogP) is 5.92. The maximum absolute atomic E-state index is 6.38. The largest absolute Gasteiger partial charge is 0.497 e. The zero-order valence-corrected chi connectivity index (χ0v) is 15.7. The van der Waals surface area contributed by atoms with Crippen molar-refractivity contribution in [1.29, 1.82) is 0 Å². The van der Waals surface area contributed by atoms with Gasteiger partial charge < -0.3 is 9.30 Å². The van der Waals surface area contributed by atoms with E-state index in [1.165, 1.54) is 0 Å². The molecule has 27 heavy (non-hydrogen) atoms. The number of fused-ring (bicyclic) bond motifs is 1.